The van der Waals surface area contributed by atoms with Crippen molar-refractivity contribution in [2.45, 2.75) is 24.0 Å². The molecule has 0 spiro atoms. The van der Waals surface area contributed by atoms with Crippen LogP contribution in [0.3, 0.4) is 0 Å². The molecule has 0 radical (unpaired) electrons. The van der Waals surface area contributed by atoms with E-state index in [9.17, 15) is 4.79 Å². The predicted molar refractivity (Wildman–Crippen MR) is 65.9 cm³/mol. The zero-order valence-corrected chi connectivity index (χ0v) is 11.1. The Balaban J connectivity index is 3.04. The van der Waals surface area contributed by atoms with Gasteiger partial charge >= 0.3 is 5.97 Å². The van der Waals surface area contributed by atoms with E-state index in [1.54, 1.807) is 6.92 Å². The van der Waals surface area contributed by atoms with Gasteiger partial charge in [0.1, 0.15) is 16.0 Å². The van der Waals surface area contributed by atoms with Crippen LogP contribution in [0.15, 0.2) is 16.4 Å². The Morgan fingerprint density at radius 3 is 2.94 bits per heavy atom. The first-order chi connectivity index (χ1) is 8.22. The average molecular weight is 269 g/mol. The molecule has 0 aliphatic carbocycles. The molecule has 0 N–H and O–H groups in total. The number of rotatable bonds is 5. The molecule has 0 saturated heterocycles. The number of nitriles is 1. The Morgan fingerprint density at radius 1 is 1.59 bits per heavy atom. The molecule has 1 aromatic rings. The van der Waals surface area contributed by atoms with E-state index in [4.69, 9.17) is 10.00 Å². The van der Waals surface area contributed by atoms with Gasteiger partial charge in [-0.1, -0.05) is 18.7 Å². The quantitative estimate of drug-likeness (QED) is 0.267. The highest BCUT2D eigenvalue weighted by atomic mass is 32.2. The molecule has 0 atom stereocenters. The van der Waals surface area contributed by atoms with Crippen molar-refractivity contribution in [2.75, 3.05) is 12.4 Å². The van der Waals surface area contributed by atoms with Crippen molar-refractivity contribution in [1.82, 2.24) is 9.97 Å². The molecular formula is C10H11N3O2S2. The second kappa shape index (κ2) is 7.14. The molecule has 1 rings (SSSR count). The number of thioether (sulfide) groups is 2. The van der Waals surface area contributed by atoms with Crippen LogP contribution in [0, 0.1) is 10.7 Å². The van der Waals surface area contributed by atoms with E-state index in [0.29, 0.717) is 10.2 Å². The van der Waals surface area contributed by atoms with Crippen molar-refractivity contribution in [3.8, 4) is 5.40 Å². The Labute approximate surface area is 108 Å². The zero-order valence-electron chi connectivity index (χ0n) is 9.47. The summed E-state index contributed by atoms with van der Waals surface area (Å²) in [6.07, 6.45) is 1.41. The van der Waals surface area contributed by atoms with Gasteiger partial charge in [0.2, 0.25) is 0 Å². The molecule has 90 valence electrons. The first-order valence-corrected chi connectivity index (χ1v) is 6.76. The fourth-order valence-electron chi connectivity index (χ4n) is 1.02. The van der Waals surface area contributed by atoms with Crippen molar-refractivity contribution in [3.05, 3.63) is 11.8 Å². The summed E-state index contributed by atoms with van der Waals surface area (Å²) in [7, 11) is 0. The topological polar surface area (TPSA) is 75.9 Å². The van der Waals surface area contributed by atoms with Crippen LogP contribution in [-0.2, 0) is 4.74 Å². The van der Waals surface area contributed by atoms with Crippen LogP contribution < -0.4 is 0 Å². The maximum absolute atomic E-state index is 11.6. The van der Waals surface area contributed by atoms with Crippen LogP contribution in [0.2, 0.25) is 0 Å². The molecular weight excluding hydrogens is 258 g/mol. The van der Waals surface area contributed by atoms with E-state index in [-0.39, 0.29) is 12.2 Å². The van der Waals surface area contributed by atoms with Crippen molar-refractivity contribution in [2.24, 2.45) is 0 Å². The smallest absolute Gasteiger partial charge is 0.342 e. The van der Waals surface area contributed by atoms with E-state index < -0.39 is 5.97 Å². The minimum atomic E-state index is -0.502. The zero-order chi connectivity index (χ0) is 12.7. The summed E-state index contributed by atoms with van der Waals surface area (Å²) >= 11 is 2.29. The van der Waals surface area contributed by atoms with Crippen molar-refractivity contribution >= 4 is 29.5 Å². The van der Waals surface area contributed by atoms with Gasteiger partial charge in [-0.25, -0.2) is 14.8 Å². The lowest BCUT2D eigenvalue weighted by Gasteiger charge is -2.05. The van der Waals surface area contributed by atoms with E-state index in [0.717, 1.165) is 17.5 Å². The number of carbonyl (C=O) groups is 1. The number of esters is 1. The van der Waals surface area contributed by atoms with E-state index >= 15 is 0 Å². The fourth-order valence-corrected chi connectivity index (χ4v) is 2.08. The first-order valence-electron chi connectivity index (χ1n) is 4.95. The largest absolute Gasteiger partial charge is 0.462 e. The van der Waals surface area contributed by atoms with Gasteiger partial charge in [0.05, 0.1) is 6.61 Å². The first kappa shape index (κ1) is 13.8. The number of hydrogen-bond acceptors (Lipinski definition) is 7. The van der Waals surface area contributed by atoms with Gasteiger partial charge in [-0.2, -0.15) is 5.26 Å². The number of ether oxygens (including phenoxy) is 1. The Hall–Kier alpha value is -1.26. The van der Waals surface area contributed by atoms with Gasteiger partial charge in [-0.05, 0) is 12.7 Å². The van der Waals surface area contributed by atoms with E-state index in [1.165, 1.54) is 18.0 Å². The van der Waals surface area contributed by atoms with Crippen LogP contribution in [0.1, 0.15) is 24.2 Å². The minimum Gasteiger partial charge on any atom is -0.462 e. The van der Waals surface area contributed by atoms with Crippen LogP contribution in [-0.4, -0.2) is 28.3 Å². The van der Waals surface area contributed by atoms with Gasteiger partial charge in [-0.3, -0.25) is 0 Å². The summed E-state index contributed by atoms with van der Waals surface area (Å²) in [6.45, 7) is 3.97. The fraction of sp³-hybridized carbons (Fsp3) is 0.400. The lowest BCUT2D eigenvalue weighted by Crippen LogP contribution is -2.08. The molecule has 0 unspecified atom stereocenters. The van der Waals surface area contributed by atoms with Crippen molar-refractivity contribution in [3.63, 3.8) is 0 Å². The highest BCUT2D eigenvalue weighted by molar-refractivity contribution is 8.03. The highest BCUT2D eigenvalue weighted by Crippen LogP contribution is 2.23. The number of aromatic nitrogens is 2. The highest BCUT2D eigenvalue weighted by Gasteiger charge is 2.16. The van der Waals surface area contributed by atoms with Crippen LogP contribution in [0.5, 0.6) is 0 Å². The molecule has 0 aromatic carbocycles. The Bertz CT molecular complexity index is 446. The average Bonchev–Trinajstić information content (AvgIpc) is 2.30. The molecule has 0 bridgehead atoms. The summed E-state index contributed by atoms with van der Waals surface area (Å²) in [5, 5.41) is 11.5. The third-order valence-electron chi connectivity index (χ3n) is 1.64. The number of carbonyl (C=O) groups excluding carboxylic acids is 1. The maximum atomic E-state index is 11.6. The van der Waals surface area contributed by atoms with Crippen LogP contribution >= 0.6 is 23.5 Å². The molecule has 1 heterocycles. The van der Waals surface area contributed by atoms with Crippen LogP contribution in [0.4, 0.5) is 0 Å². The molecule has 0 aliphatic heterocycles. The molecule has 0 saturated carbocycles. The second-order valence-electron chi connectivity index (χ2n) is 2.72. The van der Waals surface area contributed by atoms with Gasteiger partial charge < -0.3 is 4.74 Å². The molecule has 0 aliphatic rings. The van der Waals surface area contributed by atoms with Gasteiger partial charge in [0.15, 0.2) is 5.16 Å². The molecule has 1 aromatic heterocycles. The van der Waals surface area contributed by atoms with Gasteiger partial charge in [0.25, 0.3) is 0 Å². The third kappa shape index (κ3) is 3.91. The molecule has 0 amide bonds. The second-order valence-corrected chi connectivity index (χ2v) is 4.72. The van der Waals surface area contributed by atoms with E-state index in [1.807, 2.05) is 12.3 Å². The number of hydrogen-bond donors (Lipinski definition) is 0. The minimum absolute atomic E-state index is 0.235. The summed E-state index contributed by atoms with van der Waals surface area (Å²) in [6, 6.07) is 0. The van der Waals surface area contributed by atoms with Gasteiger partial charge in [0, 0.05) is 18.0 Å². The van der Waals surface area contributed by atoms with E-state index in [2.05, 4.69) is 9.97 Å². The third-order valence-corrected chi connectivity index (χ3v) is 2.98. The Morgan fingerprint density at radius 2 is 2.35 bits per heavy atom. The lowest BCUT2D eigenvalue weighted by atomic mass is 10.3. The van der Waals surface area contributed by atoms with Crippen molar-refractivity contribution < 1.29 is 9.53 Å². The number of thiocyanates is 1. The monoisotopic (exact) mass is 269 g/mol. The summed E-state index contributed by atoms with van der Waals surface area (Å²) < 4.78 is 4.87. The summed E-state index contributed by atoms with van der Waals surface area (Å²) in [5.74, 6) is 0.327. The summed E-state index contributed by atoms with van der Waals surface area (Å²) in [4.78, 5) is 19.8. The number of nitrogens with zero attached hydrogens (tertiary/aromatic N) is 3. The van der Waals surface area contributed by atoms with Gasteiger partial charge in [-0.15, -0.1) is 0 Å². The molecule has 5 nitrogen and oxygen atoms in total. The molecule has 7 heteroatoms. The standard InChI is InChI=1S/C10H11N3O2S2/c1-3-15-9(14)7-5-12-10(16-4-2)13-8(7)17-6-11/h5H,3-4H2,1-2H3. The molecule has 17 heavy (non-hydrogen) atoms. The summed E-state index contributed by atoms with van der Waals surface area (Å²) in [5.41, 5.74) is 0.235. The molecule has 0 fully saturated rings. The maximum Gasteiger partial charge on any atom is 0.342 e. The SMILES string of the molecule is CCOC(=O)c1cnc(SCC)nc1SC#N. The van der Waals surface area contributed by atoms with Crippen LogP contribution in [0.25, 0.3) is 0 Å². The normalized spacial score (nSPS) is 9.71. The predicted octanol–water partition coefficient (Wildman–Crippen LogP) is 2.34. The van der Waals surface area contributed by atoms with Crippen molar-refractivity contribution in [1.29, 1.82) is 5.26 Å². The Kier molecular flexibility index (Phi) is 5.80. The lowest BCUT2D eigenvalue weighted by molar-refractivity contribution is 0.0520.